The summed E-state index contributed by atoms with van der Waals surface area (Å²) in [6.45, 7) is 7.25. The third-order valence-electron chi connectivity index (χ3n) is 2.69. The molecule has 0 bridgehead atoms. The maximum absolute atomic E-state index is 6.15. The van der Waals surface area contributed by atoms with Crippen molar-refractivity contribution < 1.29 is 4.74 Å². The van der Waals surface area contributed by atoms with Crippen LogP contribution >= 0.6 is 0 Å². The fraction of sp³-hybridized carbons (Fsp3) is 0.643. The van der Waals surface area contributed by atoms with Crippen LogP contribution in [-0.4, -0.2) is 11.6 Å². The van der Waals surface area contributed by atoms with Gasteiger partial charge in [0.1, 0.15) is 5.75 Å². The summed E-state index contributed by atoms with van der Waals surface area (Å²) in [7, 11) is 0. The lowest BCUT2D eigenvalue weighted by atomic mass is 9.99. The molecule has 1 atom stereocenters. The summed E-state index contributed by atoms with van der Waals surface area (Å²) in [6.07, 6.45) is 6.72. The Morgan fingerprint density at radius 1 is 1.29 bits per heavy atom. The summed E-state index contributed by atoms with van der Waals surface area (Å²) in [4.78, 5) is 4.18. The molecule has 1 rings (SSSR count). The van der Waals surface area contributed by atoms with Crippen LogP contribution in [0.15, 0.2) is 18.5 Å². The van der Waals surface area contributed by atoms with Crippen LogP contribution in [0.1, 0.15) is 51.6 Å². The molecule has 1 aromatic rings. The van der Waals surface area contributed by atoms with E-state index in [4.69, 9.17) is 10.5 Å². The molecule has 0 saturated heterocycles. The first-order valence-corrected chi connectivity index (χ1v) is 6.46. The number of pyridine rings is 1. The van der Waals surface area contributed by atoms with E-state index < -0.39 is 0 Å². The van der Waals surface area contributed by atoms with Gasteiger partial charge in [0.25, 0.3) is 0 Å². The van der Waals surface area contributed by atoms with Crippen molar-refractivity contribution in [3.8, 4) is 5.75 Å². The summed E-state index contributed by atoms with van der Waals surface area (Å²) in [6, 6.07) is 2.07. The van der Waals surface area contributed by atoms with Crippen LogP contribution in [0.5, 0.6) is 5.75 Å². The van der Waals surface area contributed by atoms with Gasteiger partial charge in [-0.15, -0.1) is 0 Å². The Labute approximate surface area is 104 Å². The largest absolute Gasteiger partial charge is 0.492 e. The molecule has 3 heteroatoms. The Kier molecular flexibility index (Phi) is 5.98. The number of hydrogen-bond acceptors (Lipinski definition) is 3. The minimum Gasteiger partial charge on any atom is -0.492 e. The summed E-state index contributed by atoms with van der Waals surface area (Å²) in [5, 5.41) is 0. The number of nitrogens with zero attached hydrogens (tertiary/aromatic N) is 1. The third-order valence-corrected chi connectivity index (χ3v) is 2.69. The van der Waals surface area contributed by atoms with Crippen LogP contribution in [0, 0.1) is 5.92 Å². The SMILES string of the molecule is CCCOc1cncc(C(N)CCC(C)C)c1. The van der Waals surface area contributed by atoms with Gasteiger partial charge in [-0.1, -0.05) is 20.8 Å². The molecular formula is C14H24N2O. The van der Waals surface area contributed by atoms with Crippen LogP contribution in [0.4, 0.5) is 0 Å². The molecule has 0 aliphatic heterocycles. The van der Waals surface area contributed by atoms with Crippen LogP contribution in [-0.2, 0) is 0 Å². The zero-order valence-corrected chi connectivity index (χ0v) is 11.1. The molecule has 3 nitrogen and oxygen atoms in total. The van der Waals surface area contributed by atoms with Crippen LogP contribution in [0.2, 0.25) is 0 Å². The second kappa shape index (κ2) is 7.28. The molecule has 17 heavy (non-hydrogen) atoms. The Morgan fingerprint density at radius 2 is 2.06 bits per heavy atom. The first-order valence-electron chi connectivity index (χ1n) is 6.46. The normalized spacial score (nSPS) is 12.8. The monoisotopic (exact) mass is 236 g/mol. The second-order valence-electron chi connectivity index (χ2n) is 4.88. The molecule has 1 unspecified atom stereocenters. The smallest absolute Gasteiger partial charge is 0.137 e. The number of hydrogen-bond donors (Lipinski definition) is 1. The van der Waals surface area contributed by atoms with Crippen molar-refractivity contribution >= 4 is 0 Å². The van der Waals surface area contributed by atoms with Gasteiger partial charge < -0.3 is 10.5 Å². The van der Waals surface area contributed by atoms with Crippen LogP contribution in [0.25, 0.3) is 0 Å². The molecule has 0 aliphatic carbocycles. The fourth-order valence-corrected chi connectivity index (χ4v) is 1.62. The molecule has 0 fully saturated rings. The van der Waals surface area contributed by atoms with Crippen molar-refractivity contribution in [2.24, 2.45) is 11.7 Å². The Morgan fingerprint density at radius 3 is 2.71 bits per heavy atom. The van der Waals surface area contributed by atoms with Crippen LogP contribution < -0.4 is 10.5 Å². The third kappa shape index (κ3) is 5.18. The molecule has 0 amide bonds. The molecule has 0 spiro atoms. The average Bonchev–Trinajstić information content (AvgIpc) is 2.33. The molecule has 0 radical (unpaired) electrons. The predicted octanol–water partition coefficient (Wildman–Crippen LogP) is 3.31. The molecule has 0 aliphatic rings. The number of rotatable bonds is 7. The second-order valence-corrected chi connectivity index (χ2v) is 4.88. The average molecular weight is 236 g/mol. The molecule has 1 aromatic heterocycles. The van der Waals surface area contributed by atoms with Gasteiger partial charge in [0.2, 0.25) is 0 Å². The van der Waals surface area contributed by atoms with E-state index in [0.29, 0.717) is 5.92 Å². The van der Waals surface area contributed by atoms with Gasteiger partial charge in [-0.3, -0.25) is 4.98 Å². The van der Waals surface area contributed by atoms with Gasteiger partial charge in [0, 0.05) is 12.2 Å². The van der Waals surface area contributed by atoms with E-state index in [-0.39, 0.29) is 6.04 Å². The summed E-state index contributed by atoms with van der Waals surface area (Å²) in [5.41, 5.74) is 7.21. The topological polar surface area (TPSA) is 48.1 Å². The van der Waals surface area contributed by atoms with Crippen molar-refractivity contribution in [3.63, 3.8) is 0 Å². The molecule has 0 saturated carbocycles. The Bertz CT molecular complexity index is 326. The van der Waals surface area contributed by atoms with Gasteiger partial charge in [-0.05, 0) is 36.8 Å². The molecule has 1 heterocycles. The molecular weight excluding hydrogens is 212 g/mol. The molecule has 2 N–H and O–H groups in total. The minimum atomic E-state index is 0.0649. The maximum atomic E-state index is 6.15. The van der Waals surface area contributed by atoms with Crippen molar-refractivity contribution in [1.82, 2.24) is 4.98 Å². The highest BCUT2D eigenvalue weighted by Gasteiger charge is 2.08. The van der Waals surface area contributed by atoms with E-state index in [1.54, 1.807) is 6.20 Å². The highest BCUT2D eigenvalue weighted by atomic mass is 16.5. The van der Waals surface area contributed by atoms with Crippen molar-refractivity contribution in [2.75, 3.05) is 6.61 Å². The van der Waals surface area contributed by atoms with Crippen molar-refractivity contribution in [3.05, 3.63) is 24.0 Å². The van der Waals surface area contributed by atoms with Crippen molar-refractivity contribution in [1.29, 1.82) is 0 Å². The minimum absolute atomic E-state index is 0.0649. The Hall–Kier alpha value is -1.09. The van der Waals surface area contributed by atoms with E-state index >= 15 is 0 Å². The van der Waals surface area contributed by atoms with Gasteiger partial charge in [-0.2, -0.15) is 0 Å². The molecule has 96 valence electrons. The van der Waals surface area contributed by atoms with E-state index in [1.807, 2.05) is 12.3 Å². The van der Waals surface area contributed by atoms with E-state index in [1.165, 1.54) is 0 Å². The summed E-state index contributed by atoms with van der Waals surface area (Å²) >= 11 is 0. The Balaban J connectivity index is 2.57. The van der Waals surface area contributed by atoms with Crippen molar-refractivity contribution in [2.45, 2.75) is 46.1 Å². The number of nitrogens with two attached hydrogens (primary N) is 1. The number of aromatic nitrogens is 1. The zero-order valence-electron chi connectivity index (χ0n) is 11.1. The highest BCUT2D eigenvalue weighted by molar-refractivity contribution is 5.25. The van der Waals surface area contributed by atoms with Gasteiger partial charge in [0.15, 0.2) is 0 Å². The van der Waals surface area contributed by atoms with E-state index in [2.05, 4.69) is 25.8 Å². The highest BCUT2D eigenvalue weighted by Crippen LogP contribution is 2.21. The van der Waals surface area contributed by atoms with Gasteiger partial charge in [-0.25, -0.2) is 0 Å². The maximum Gasteiger partial charge on any atom is 0.137 e. The molecule has 0 aromatic carbocycles. The van der Waals surface area contributed by atoms with Gasteiger partial charge in [0.05, 0.1) is 12.8 Å². The van der Waals surface area contributed by atoms with Crippen LogP contribution in [0.3, 0.4) is 0 Å². The van der Waals surface area contributed by atoms with Gasteiger partial charge >= 0.3 is 0 Å². The zero-order chi connectivity index (χ0) is 12.7. The first-order chi connectivity index (χ1) is 8.13. The lowest BCUT2D eigenvalue weighted by Crippen LogP contribution is -2.11. The van der Waals surface area contributed by atoms with E-state index in [9.17, 15) is 0 Å². The standard InChI is InChI=1S/C14H24N2O/c1-4-7-17-13-8-12(9-16-10-13)14(15)6-5-11(2)3/h8-11,14H,4-7,15H2,1-3H3. The summed E-state index contributed by atoms with van der Waals surface area (Å²) < 4.78 is 5.55. The number of ether oxygens (including phenoxy) is 1. The fourth-order valence-electron chi connectivity index (χ4n) is 1.62. The summed E-state index contributed by atoms with van der Waals surface area (Å²) in [5.74, 6) is 1.51. The quantitative estimate of drug-likeness (QED) is 0.790. The lowest BCUT2D eigenvalue weighted by molar-refractivity contribution is 0.315. The first kappa shape index (κ1) is 14.0. The van der Waals surface area contributed by atoms with E-state index in [0.717, 1.165) is 37.2 Å². The lowest BCUT2D eigenvalue weighted by Gasteiger charge is -2.14. The predicted molar refractivity (Wildman–Crippen MR) is 71.0 cm³/mol.